The number of nitrogens with zero attached hydrogens (tertiary/aromatic N) is 2. The Morgan fingerprint density at radius 1 is 0.939 bits per heavy atom. The summed E-state index contributed by atoms with van der Waals surface area (Å²) < 4.78 is 12.8. The highest BCUT2D eigenvalue weighted by Crippen LogP contribution is 2.36. The standard InChI is InChI=1S/C22H14Cl5N3O3/c23-13-8-17(26)21(18(27)9-13)32-11-14-2-4-19(33-14)22(31)28-20-5-6-30(29-20)10-12-1-3-15(24)16(25)7-12/h1-9H,10-11H2,(H,28,29,31). The summed E-state index contributed by atoms with van der Waals surface area (Å²) in [4.78, 5) is 12.5. The molecule has 0 aliphatic heterocycles. The van der Waals surface area contributed by atoms with Crippen LogP contribution in [-0.4, -0.2) is 15.7 Å². The first-order valence-corrected chi connectivity index (χ1v) is 11.3. The zero-order valence-electron chi connectivity index (χ0n) is 16.6. The van der Waals surface area contributed by atoms with Crippen molar-refractivity contribution in [2.24, 2.45) is 0 Å². The van der Waals surface area contributed by atoms with Crippen molar-refractivity contribution in [2.75, 3.05) is 5.32 Å². The molecule has 6 nitrogen and oxygen atoms in total. The van der Waals surface area contributed by atoms with Gasteiger partial charge in [0.15, 0.2) is 17.3 Å². The minimum Gasteiger partial charge on any atom is -0.483 e. The van der Waals surface area contributed by atoms with E-state index in [-0.39, 0.29) is 28.2 Å². The third kappa shape index (κ3) is 5.96. The highest BCUT2D eigenvalue weighted by atomic mass is 35.5. The van der Waals surface area contributed by atoms with Gasteiger partial charge >= 0.3 is 0 Å². The van der Waals surface area contributed by atoms with Gasteiger partial charge in [-0.3, -0.25) is 9.48 Å². The van der Waals surface area contributed by atoms with E-state index in [2.05, 4.69) is 10.4 Å². The number of furan rings is 1. The Labute approximate surface area is 213 Å². The van der Waals surface area contributed by atoms with Gasteiger partial charge in [-0.2, -0.15) is 5.10 Å². The van der Waals surface area contributed by atoms with Crippen LogP contribution in [0.15, 0.2) is 59.1 Å². The number of carbonyl (C=O) groups is 1. The van der Waals surface area contributed by atoms with E-state index in [1.165, 1.54) is 18.2 Å². The lowest BCUT2D eigenvalue weighted by molar-refractivity contribution is 0.0992. The number of carbonyl (C=O) groups excluding carboxylic acids is 1. The lowest BCUT2D eigenvalue weighted by atomic mass is 10.2. The summed E-state index contributed by atoms with van der Waals surface area (Å²) in [6.07, 6.45) is 1.74. The minimum absolute atomic E-state index is 0.0205. The smallest absolute Gasteiger partial charge is 0.292 e. The average molecular weight is 546 g/mol. The predicted octanol–water partition coefficient (Wildman–Crippen LogP) is 7.62. The van der Waals surface area contributed by atoms with Crippen LogP contribution in [0.5, 0.6) is 5.75 Å². The Morgan fingerprint density at radius 3 is 2.42 bits per heavy atom. The maximum absolute atomic E-state index is 12.5. The molecule has 2 heterocycles. The van der Waals surface area contributed by atoms with Crippen molar-refractivity contribution < 1.29 is 13.9 Å². The zero-order chi connectivity index (χ0) is 23.5. The predicted molar refractivity (Wildman–Crippen MR) is 130 cm³/mol. The number of rotatable bonds is 7. The summed E-state index contributed by atoms with van der Waals surface area (Å²) in [5.41, 5.74) is 0.918. The zero-order valence-corrected chi connectivity index (χ0v) is 20.4. The summed E-state index contributed by atoms with van der Waals surface area (Å²) in [5, 5.41) is 8.91. The Balaban J connectivity index is 1.36. The average Bonchev–Trinajstić information content (AvgIpc) is 3.39. The van der Waals surface area contributed by atoms with Crippen molar-refractivity contribution in [3.63, 3.8) is 0 Å². The molecule has 33 heavy (non-hydrogen) atoms. The summed E-state index contributed by atoms with van der Waals surface area (Å²) >= 11 is 30.1. The first kappa shape index (κ1) is 23.8. The summed E-state index contributed by atoms with van der Waals surface area (Å²) in [6.45, 7) is 0.484. The topological polar surface area (TPSA) is 69.3 Å². The van der Waals surface area contributed by atoms with Crippen LogP contribution < -0.4 is 10.1 Å². The Morgan fingerprint density at radius 2 is 1.70 bits per heavy atom. The molecule has 0 saturated heterocycles. The van der Waals surface area contributed by atoms with Crippen LogP contribution >= 0.6 is 58.0 Å². The van der Waals surface area contributed by atoms with Gasteiger partial charge in [-0.1, -0.05) is 64.1 Å². The molecule has 0 atom stereocenters. The highest BCUT2D eigenvalue weighted by molar-refractivity contribution is 6.42. The fraction of sp³-hybridized carbons (Fsp3) is 0.0909. The first-order valence-electron chi connectivity index (χ1n) is 9.43. The van der Waals surface area contributed by atoms with Crippen LogP contribution in [0.3, 0.4) is 0 Å². The normalized spacial score (nSPS) is 10.9. The molecule has 11 heteroatoms. The number of halogens is 5. The summed E-state index contributed by atoms with van der Waals surface area (Å²) in [7, 11) is 0. The Kier molecular flexibility index (Phi) is 7.41. The molecule has 2 aromatic carbocycles. The number of nitrogens with one attached hydrogen (secondary N) is 1. The van der Waals surface area contributed by atoms with Crippen molar-refractivity contribution >= 4 is 69.7 Å². The monoisotopic (exact) mass is 543 g/mol. The van der Waals surface area contributed by atoms with Crippen molar-refractivity contribution in [2.45, 2.75) is 13.2 Å². The molecule has 0 radical (unpaired) electrons. The second-order valence-corrected chi connectivity index (χ2v) is 8.92. The number of ether oxygens (including phenoxy) is 1. The largest absolute Gasteiger partial charge is 0.483 e. The van der Waals surface area contributed by atoms with Gasteiger partial charge in [0.05, 0.1) is 26.6 Å². The number of anilines is 1. The van der Waals surface area contributed by atoms with Gasteiger partial charge < -0.3 is 14.5 Å². The second kappa shape index (κ2) is 10.3. The molecule has 4 aromatic rings. The molecule has 0 unspecified atom stereocenters. The first-order chi connectivity index (χ1) is 15.8. The molecule has 0 spiro atoms. The number of hydrogen-bond acceptors (Lipinski definition) is 4. The van der Waals surface area contributed by atoms with Crippen molar-refractivity contribution in [3.05, 3.63) is 96.9 Å². The lowest BCUT2D eigenvalue weighted by Crippen LogP contribution is -2.12. The number of hydrogen-bond donors (Lipinski definition) is 1. The van der Waals surface area contributed by atoms with Gasteiger partial charge in [-0.15, -0.1) is 0 Å². The third-order valence-electron chi connectivity index (χ3n) is 4.42. The number of aromatic nitrogens is 2. The van der Waals surface area contributed by atoms with Crippen molar-refractivity contribution in [1.82, 2.24) is 9.78 Å². The van der Waals surface area contributed by atoms with E-state index in [9.17, 15) is 4.79 Å². The molecule has 0 bridgehead atoms. The third-order valence-corrected chi connectivity index (χ3v) is 5.94. The van der Waals surface area contributed by atoms with Gasteiger partial charge in [0.25, 0.3) is 5.91 Å². The van der Waals surface area contributed by atoms with Crippen molar-refractivity contribution in [3.8, 4) is 5.75 Å². The van der Waals surface area contributed by atoms with Crippen LogP contribution in [0.1, 0.15) is 21.9 Å². The van der Waals surface area contributed by atoms with Gasteiger partial charge in [0.2, 0.25) is 0 Å². The Hall–Kier alpha value is -2.35. The molecule has 0 fully saturated rings. The van der Waals surface area contributed by atoms with Crippen molar-refractivity contribution in [1.29, 1.82) is 0 Å². The Bertz CT molecular complexity index is 1300. The molecular weight excluding hydrogens is 532 g/mol. The molecule has 2 aromatic heterocycles. The maximum atomic E-state index is 12.5. The van der Waals surface area contributed by atoms with E-state index >= 15 is 0 Å². The molecule has 0 aliphatic carbocycles. The minimum atomic E-state index is -0.455. The van der Waals surface area contributed by atoms with Gasteiger partial charge in [0, 0.05) is 17.3 Å². The van der Waals surface area contributed by atoms with Crippen LogP contribution in [0.25, 0.3) is 0 Å². The molecule has 1 N–H and O–H groups in total. The van der Waals surface area contributed by atoms with Gasteiger partial charge in [0.1, 0.15) is 12.4 Å². The van der Waals surface area contributed by atoms with Gasteiger partial charge in [-0.05, 0) is 42.0 Å². The fourth-order valence-corrected chi connectivity index (χ4v) is 4.15. The number of amides is 1. The van der Waals surface area contributed by atoms with E-state index in [0.717, 1.165) is 5.56 Å². The van der Waals surface area contributed by atoms with E-state index in [0.29, 0.717) is 33.2 Å². The SMILES string of the molecule is O=C(Nc1ccn(Cc2ccc(Cl)c(Cl)c2)n1)c1ccc(COc2c(Cl)cc(Cl)cc2Cl)o1. The van der Waals surface area contributed by atoms with Crippen LogP contribution in [-0.2, 0) is 13.2 Å². The van der Waals surface area contributed by atoms with Crippen LogP contribution in [0.2, 0.25) is 25.1 Å². The van der Waals surface area contributed by atoms with Gasteiger partial charge in [-0.25, -0.2) is 0 Å². The quantitative estimate of drug-likeness (QED) is 0.259. The molecule has 0 aliphatic rings. The summed E-state index contributed by atoms with van der Waals surface area (Å²) in [5.74, 6) is 0.698. The maximum Gasteiger partial charge on any atom is 0.292 e. The molecular formula is C22H14Cl5N3O3. The molecule has 170 valence electrons. The number of benzene rings is 2. The molecule has 0 saturated carbocycles. The van der Waals surface area contributed by atoms with E-state index < -0.39 is 5.91 Å². The fourth-order valence-electron chi connectivity index (χ4n) is 2.91. The van der Waals surface area contributed by atoms with E-state index in [1.54, 1.807) is 35.1 Å². The highest BCUT2D eigenvalue weighted by Gasteiger charge is 2.15. The second-order valence-electron chi connectivity index (χ2n) is 6.85. The molecule has 1 amide bonds. The molecule has 4 rings (SSSR count). The lowest BCUT2D eigenvalue weighted by Gasteiger charge is -2.09. The van der Waals surface area contributed by atoms with E-state index in [1.807, 2.05) is 6.07 Å². The van der Waals surface area contributed by atoms with Crippen LogP contribution in [0, 0.1) is 0 Å². The summed E-state index contributed by atoms with van der Waals surface area (Å²) in [6, 6.07) is 13.2. The van der Waals surface area contributed by atoms with E-state index in [4.69, 9.17) is 67.2 Å². The van der Waals surface area contributed by atoms with Crippen LogP contribution in [0.4, 0.5) is 5.82 Å².